The van der Waals surface area contributed by atoms with Crippen LogP contribution in [0, 0.1) is 5.41 Å². The predicted octanol–water partition coefficient (Wildman–Crippen LogP) is 3.03. The van der Waals surface area contributed by atoms with Gasteiger partial charge in [0.05, 0.1) is 11.2 Å². The Morgan fingerprint density at radius 3 is 2.31 bits per heavy atom. The Labute approximate surface area is 80.0 Å². The van der Waals surface area contributed by atoms with E-state index < -0.39 is 0 Å². The summed E-state index contributed by atoms with van der Waals surface area (Å²) in [6.07, 6.45) is 5.44. The van der Waals surface area contributed by atoms with Gasteiger partial charge in [0.15, 0.2) is 0 Å². The standard InChI is InChI=1S/C11H18O2/c1-9(2)13-10(12)11(3)7-5-4-6-8-11/h1,4-8H2,2-3H3. The van der Waals surface area contributed by atoms with Gasteiger partial charge in [0.25, 0.3) is 0 Å². The molecule has 0 spiro atoms. The molecule has 0 N–H and O–H groups in total. The lowest BCUT2D eigenvalue weighted by Crippen LogP contribution is -2.31. The summed E-state index contributed by atoms with van der Waals surface area (Å²) >= 11 is 0. The quantitative estimate of drug-likeness (QED) is 0.484. The van der Waals surface area contributed by atoms with Gasteiger partial charge in [0, 0.05) is 0 Å². The van der Waals surface area contributed by atoms with Crippen molar-refractivity contribution in [1.29, 1.82) is 0 Å². The zero-order chi connectivity index (χ0) is 9.90. The number of allylic oxidation sites excluding steroid dienone is 1. The van der Waals surface area contributed by atoms with E-state index in [2.05, 4.69) is 6.58 Å². The summed E-state index contributed by atoms with van der Waals surface area (Å²) in [5, 5.41) is 0. The van der Waals surface area contributed by atoms with E-state index in [4.69, 9.17) is 4.74 Å². The topological polar surface area (TPSA) is 26.3 Å². The molecule has 0 unspecified atom stereocenters. The van der Waals surface area contributed by atoms with E-state index in [1.165, 1.54) is 6.42 Å². The number of hydrogen-bond donors (Lipinski definition) is 0. The van der Waals surface area contributed by atoms with E-state index in [1.807, 2.05) is 6.92 Å². The van der Waals surface area contributed by atoms with Gasteiger partial charge in [-0.2, -0.15) is 0 Å². The van der Waals surface area contributed by atoms with E-state index in [9.17, 15) is 4.79 Å². The fraction of sp³-hybridized carbons (Fsp3) is 0.727. The number of esters is 1. The smallest absolute Gasteiger partial charge is 0.316 e. The van der Waals surface area contributed by atoms with Crippen LogP contribution in [0.25, 0.3) is 0 Å². The summed E-state index contributed by atoms with van der Waals surface area (Å²) in [6, 6.07) is 0. The highest BCUT2D eigenvalue weighted by molar-refractivity contribution is 5.77. The van der Waals surface area contributed by atoms with Crippen molar-refractivity contribution in [3.8, 4) is 0 Å². The molecule has 1 fully saturated rings. The minimum Gasteiger partial charge on any atom is -0.432 e. The second-order valence-corrected chi connectivity index (χ2v) is 4.21. The van der Waals surface area contributed by atoms with E-state index in [-0.39, 0.29) is 11.4 Å². The van der Waals surface area contributed by atoms with Crippen LogP contribution in [0.4, 0.5) is 0 Å². The molecule has 0 saturated heterocycles. The second kappa shape index (κ2) is 3.95. The molecule has 1 rings (SSSR count). The first-order valence-corrected chi connectivity index (χ1v) is 4.92. The molecule has 2 heteroatoms. The van der Waals surface area contributed by atoms with Crippen LogP contribution in [0.1, 0.15) is 46.0 Å². The maximum Gasteiger partial charge on any atom is 0.316 e. The van der Waals surface area contributed by atoms with Gasteiger partial charge in [-0.3, -0.25) is 4.79 Å². The lowest BCUT2D eigenvalue weighted by Gasteiger charge is -2.30. The van der Waals surface area contributed by atoms with Crippen LogP contribution >= 0.6 is 0 Å². The second-order valence-electron chi connectivity index (χ2n) is 4.21. The Hall–Kier alpha value is -0.790. The minimum absolute atomic E-state index is 0.0975. The highest BCUT2D eigenvalue weighted by Crippen LogP contribution is 2.37. The molecule has 2 nitrogen and oxygen atoms in total. The van der Waals surface area contributed by atoms with Gasteiger partial charge in [0.1, 0.15) is 0 Å². The van der Waals surface area contributed by atoms with Crippen LogP contribution < -0.4 is 0 Å². The van der Waals surface area contributed by atoms with Crippen molar-refractivity contribution >= 4 is 5.97 Å². The Balaban J connectivity index is 2.56. The SMILES string of the molecule is C=C(C)OC(=O)C1(C)CCCCC1. The zero-order valence-corrected chi connectivity index (χ0v) is 8.56. The molecule has 0 aromatic heterocycles. The summed E-state index contributed by atoms with van der Waals surface area (Å²) in [5.74, 6) is 0.400. The van der Waals surface area contributed by atoms with Crippen LogP contribution in [-0.4, -0.2) is 5.97 Å². The fourth-order valence-corrected chi connectivity index (χ4v) is 1.82. The molecule has 0 bridgehead atoms. The van der Waals surface area contributed by atoms with Gasteiger partial charge in [-0.05, 0) is 26.7 Å². The maximum atomic E-state index is 11.6. The van der Waals surface area contributed by atoms with Crippen LogP contribution in [0.2, 0.25) is 0 Å². The third-order valence-corrected chi connectivity index (χ3v) is 2.72. The predicted molar refractivity (Wildman–Crippen MR) is 52.1 cm³/mol. The number of ether oxygens (including phenoxy) is 1. The molecule has 1 aliphatic rings. The first-order chi connectivity index (χ1) is 6.04. The third kappa shape index (κ3) is 2.58. The van der Waals surface area contributed by atoms with Crippen molar-refractivity contribution < 1.29 is 9.53 Å². The van der Waals surface area contributed by atoms with E-state index in [1.54, 1.807) is 6.92 Å². The van der Waals surface area contributed by atoms with E-state index >= 15 is 0 Å². The Bertz CT molecular complexity index is 212. The van der Waals surface area contributed by atoms with Crippen molar-refractivity contribution in [3.63, 3.8) is 0 Å². The lowest BCUT2D eigenvalue weighted by atomic mass is 9.76. The van der Waals surface area contributed by atoms with Gasteiger partial charge >= 0.3 is 5.97 Å². The molecule has 1 saturated carbocycles. The van der Waals surface area contributed by atoms with Crippen molar-refractivity contribution in [2.45, 2.75) is 46.0 Å². The average molecular weight is 182 g/mol. The molecule has 0 amide bonds. The van der Waals surface area contributed by atoms with Crippen LogP contribution in [0.5, 0.6) is 0 Å². The first kappa shape index (κ1) is 10.3. The van der Waals surface area contributed by atoms with Crippen molar-refractivity contribution in [1.82, 2.24) is 0 Å². The highest BCUT2D eigenvalue weighted by Gasteiger charge is 2.36. The summed E-state index contributed by atoms with van der Waals surface area (Å²) in [7, 11) is 0. The number of hydrogen-bond acceptors (Lipinski definition) is 2. The normalized spacial score (nSPS) is 20.8. The van der Waals surface area contributed by atoms with Crippen molar-refractivity contribution in [3.05, 3.63) is 12.3 Å². The van der Waals surface area contributed by atoms with Gasteiger partial charge in [0.2, 0.25) is 0 Å². The molecule has 0 aliphatic heterocycles. The van der Waals surface area contributed by atoms with E-state index in [0.717, 1.165) is 25.7 Å². The molecule has 0 aromatic carbocycles. The molecule has 1 aliphatic carbocycles. The van der Waals surface area contributed by atoms with E-state index in [0.29, 0.717) is 5.76 Å². The van der Waals surface area contributed by atoms with Crippen LogP contribution in [-0.2, 0) is 9.53 Å². The Morgan fingerprint density at radius 1 is 1.31 bits per heavy atom. The molecular weight excluding hydrogens is 164 g/mol. The fourth-order valence-electron chi connectivity index (χ4n) is 1.82. The Kier molecular flexibility index (Phi) is 3.12. The number of carbonyl (C=O) groups excluding carboxylic acids is 1. The van der Waals surface area contributed by atoms with Gasteiger partial charge in [-0.1, -0.05) is 25.8 Å². The molecule has 0 aromatic rings. The summed E-state index contributed by atoms with van der Waals surface area (Å²) in [6.45, 7) is 7.29. The van der Waals surface area contributed by atoms with Crippen molar-refractivity contribution in [2.24, 2.45) is 5.41 Å². The summed E-state index contributed by atoms with van der Waals surface area (Å²) < 4.78 is 5.06. The van der Waals surface area contributed by atoms with Crippen molar-refractivity contribution in [2.75, 3.05) is 0 Å². The minimum atomic E-state index is -0.253. The van der Waals surface area contributed by atoms with Crippen LogP contribution in [0.3, 0.4) is 0 Å². The largest absolute Gasteiger partial charge is 0.432 e. The van der Waals surface area contributed by atoms with Gasteiger partial charge < -0.3 is 4.74 Å². The molecule has 0 radical (unpaired) electrons. The maximum absolute atomic E-state index is 11.6. The third-order valence-electron chi connectivity index (χ3n) is 2.72. The molecule has 0 atom stereocenters. The van der Waals surface area contributed by atoms with Gasteiger partial charge in [-0.25, -0.2) is 0 Å². The van der Waals surface area contributed by atoms with Crippen LogP contribution in [0.15, 0.2) is 12.3 Å². The summed E-state index contributed by atoms with van der Waals surface area (Å²) in [4.78, 5) is 11.6. The molecule has 0 heterocycles. The lowest BCUT2D eigenvalue weighted by molar-refractivity contribution is -0.152. The Morgan fingerprint density at radius 2 is 1.85 bits per heavy atom. The highest BCUT2D eigenvalue weighted by atomic mass is 16.5. The molecule has 13 heavy (non-hydrogen) atoms. The number of rotatable bonds is 2. The molecular formula is C11H18O2. The van der Waals surface area contributed by atoms with Gasteiger partial charge in [-0.15, -0.1) is 0 Å². The molecule has 74 valence electrons. The average Bonchev–Trinajstić information content (AvgIpc) is 2.04. The number of carbonyl (C=O) groups is 1. The first-order valence-electron chi connectivity index (χ1n) is 4.92. The summed E-state index contributed by atoms with van der Waals surface area (Å²) in [5.41, 5.74) is -0.253. The monoisotopic (exact) mass is 182 g/mol. The zero-order valence-electron chi connectivity index (χ0n) is 8.56.